The van der Waals surface area contributed by atoms with Crippen LogP contribution in [-0.2, 0) is 0 Å². The number of nitrogens with zero attached hydrogens (tertiary/aromatic N) is 3. The fraction of sp³-hybridized carbons (Fsp3) is 0.0714. The largest absolute Gasteiger partial charge is 0.269 e. The van der Waals surface area contributed by atoms with E-state index in [-0.39, 0.29) is 5.69 Å². The SMILES string of the molecule is CN(/N=C/c1ccc([N+](=O)[O-])cc1)c1ccccc1. The van der Waals surface area contributed by atoms with Crippen molar-refractivity contribution in [2.45, 2.75) is 0 Å². The van der Waals surface area contributed by atoms with Crippen molar-refractivity contribution in [3.63, 3.8) is 0 Å². The van der Waals surface area contributed by atoms with Gasteiger partial charge in [-0.3, -0.25) is 15.1 Å². The van der Waals surface area contributed by atoms with Crippen LogP contribution in [-0.4, -0.2) is 18.2 Å². The molecular formula is C14H13N3O2. The normalized spacial score (nSPS) is 10.6. The molecule has 5 nitrogen and oxygen atoms in total. The second kappa shape index (κ2) is 5.77. The first kappa shape index (κ1) is 12.8. The van der Waals surface area contributed by atoms with Crippen molar-refractivity contribution in [2.75, 3.05) is 12.1 Å². The van der Waals surface area contributed by atoms with E-state index in [4.69, 9.17) is 0 Å². The van der Waals surface area contributed by atoms with Gasteiger partial charge in [-0.15, -0.1) is 0 Å². The van der Waals surface area contributed by atoms with Gasteiger partial charge in [-0.05, 0) is 29.8 Å². The van der Waals surface area contributed by atoms with Crippen LogP contribution in [0.2, 0.25) is 0 Å². The van der Waals surface area contributed by atoms with Crippen molar-refractivity contribution >= 4 is 17.6 Å². The molecule has 2 aromatic rings. The lowest BCUT2D eigenvalue weighted by atomic mass is 10.2. The molecule has 0 atom stereocenters. The highest BCUT2D eigenvalue weighted by Gasteiger charge is 2.02. The molecule has 0 heterocycles. The summed E-state index contributed by atoms with van der Waals surface area (Å²) >= 11 is 0. The lowest BCUT2D eigenvalue weighted by Gasteiger charge is -2.11. The van der Waals surface area contributed by atoms with Gasteiger partial charge in [0, 0.05) is 19.2 Å². The van der Waals surface area contributed by atoms with Crippen LogP contribution in [0.1, 0.15) is 5.56 Å². The molecule has 96 valence electrons. The number of nitro benzene ring substituents is 1. The predicted molar refractivity (Wildman–Crippen MR) is 75.5 cm³/mol. The summed E-state index contributed by atoms with van der Waals surface area (Å²) in [5.41, 5.74) is 1.86. The summed E-state index contributed by atoms with van der Waals surface area (Å²) in [5, 5.41) is 16.5. The van der Waals surface area contributed by atoms with E-state index in [0.29, 0.717) is 0 Å². The monoisotopic (exact) mass is 255 g/mol. The molecule has 0 saturated carbocycles. The van der Waals surface area contributed by atoms with Crippen LogP contribution in [0.25, 0.3) is 0 Å². The van der Waals surface area contributed by atoms with E-state index in [1.165, 1.54) is 12.1 Å². The van der Waals surface area contributed by atoms with Crippen LogP contribution in [0.3, 0.4) is 0 Å². The van der Waals surface area contributed by atoms with E-state index >= 15 is 0 Å². The Balaban J connectivity index is 2.08. The first-order chi connectivity index (χ1) is 9.16. The van der Waals surface area contributed by atoms with Crippen molar-refractivity contribution in [1.82, 2.24) is 0 Å². The zero-order valence-corrected chi connectivity index (χ0v) is 10.4. The average Bonchev–Trinajstić information content (AvgIpc) is 2.46. The van der Waals surface area contributed by atoms with Gasteiger partial charge in [0.2, 0.25) is 0 Å². The third-order valence-electron chi connectivity index (χ3n) is 2.61. The van der Waals surface area contributed by atoms with Gasteiger partial charge in [-0.2, -0.15) is 5.10 Å². The number of hydrogen-bond acceptors (Lipinski definition) is 4. The van der Waals surface area contributed by atoms with E-state index in [0.717, 1.165) is 11.3 Å². The minimum atomic E-state index is -0.420. The van der Waals surface area contributed by atoms with Crippen LogP contribution < -0.4 is 5.01 Å². The number of hydrazone groups is 1. The summed E-state index contributed by atoms with van der Waals surface area (Å²) in [4.78, 5) is 10.1. The van der Waals surface area contributed by atoms with Crippen molar-refractivity contribution in [3.8, 4) is 0 Å². The molecule has 0 aliphatic carbocycles. The quantitative estimate of drug-likeness (QED) is 0.479. The Kier molecular flexibility index (Phi) is 3.87. The Bertz CT molecular complexity index is 579. The van der Waals surface area contributed by atoms with Crippen LogP contribution in [0.4, 0.5) is 11.4 Å². The highest BCUT2D eigenvalue weighted by molar-refractivity contribution is 5.80. The van der Waals surface area contributed by atoms with Gasteiger partial charge in [-0.1, -0.05) is 18.2 Å². The highest BCUT2D eigenvalue weighted by atomic mass is 16.6. The van der Waals surface area contributed by atoms with Crippen molar-refractivity contribution in [3.05, 3.63) is 70.3 Å². The highest BCUT2D eigenvalue weighted by Crippen LogP contribution is 2.13. The molecule has 0 saturated heterocycles. The van der Waals surface area contributed by atoms with Gasteiger partial charge in [0.25, 0.3) is 5.69 Å². The molecule has 0 amide bonds. The van der Waals surface area contributed by atoms with E-state index in [1.807, 2.05) is 37.4 Å². The summed E-state index contributed by atoms with van der Waals surface area (Å²) in [5.74, 6) is 0. The average molecular weight is 255 g/mol. The molecule has 2 rings (SSSR count). The Morgan fingerprint density at radius 2 is 1.74 bits per heavy atom. The fourth-order valence-corrected chi connectivity index (χ4v) is 1.55. The summed E-state index contributed by atoms with van der Waals surface area (Å²) in [6, 6.07) is 16.0. The number of hydrogen-bond donors (Lipinski definition) is 0. The fourth-order valence-electron chi connectivity index (χ4n) is 1.55. The second-order valence-corrected chi connectivity index (χ2v) is 3.95. The molecule has 0 spiro atoms. The number of rotatable bonds is 4. The molecule has 0 bridgehead atoms. The maximum Gasteiger partial charge on any atom is 0.269 e. The molecule has 0 aliphatic heterocycles. The zero-order chi connectivity index (χ0) is 13.7. The third-order valence-corrected chi connectivity index (χ3v) is 2.61. The summed E-state index contributed by atoms with van der Waals surface area (Å²) < 4.78 is 0. The van der Waals surface area contributed by atoms with E-state index in [1.54, 1.807) is 23.4 Å². The van der Waals surface area contributed by atoms with Gasteiger partial charge in [-0.25, -0.2) is 0 Å². The molecular weight excluding hydrogens is 242 g/mol. The van der Waals surface area contributed by atoms with Gasteiger partial charge < -0.3 is 0 Å². The number of para-hydroxylation sites is 1. The van der Waals surface area contributed by atoms with E-state index in [9.17, 15) is 10.1 Å². The lowest BCUT2D eigenvalue weighted by Crippen LogP contribution is -2.08. The maximum absolute atomic E-state index is 10.5. The molecule has 0 N–H and O–H groups in total. The van der Waals surface area contributed by atoms with Gasteiger partial charge >= 0.3 is 0 Å². The molecule has 19 heavy (non-hydrogen) atoms. The first-order valence-electron chi connectivity index (χ1n) is 5.74. The van der Waals surface area contributed by atoms with Crippen molar-refractivity contribution < 1.29 is 4.92 Å². The molecule has 0 radical (unpaired) electrons. The van der Waals surface area contributed by atoms with Crippen molar-refractivity contribution in [2.24, 2.45) is 5.10 Å². The molecule has 0 aliphatic rings. The molecule has 0 fully saturated rings. The molecule has 5 heteroatoms. The Hall–Kier alpha value is -2.69. The Labute approximate surface area is 110 Å². The lowest BCUT2D eigenvalue weighted by molar-refractivity contribution is -0.384. The number of non-ortho nitro benzene ring substituents is 1. The van der Waals surface area contributed by atoms with Gasteiger partial charge in [0.05, 0.1) is 16.8 Å². The van der Waals surface area contributed by atoms with Gasteiger partial charge in [0.15, 0.2) is 0 Å². The summed E-state index contributed by atoms with van der Waals surface area (Å²) in [6.45, 7) is 0. The maximum atomic E-state index is 10.5. The summed E-state index contributed by atoms with van der Waals surface area (Å²) in [6.07, 6.45) is 1.66. The van der Waals surface area contributed by atoms with Crippen LogP contribution in [0.5, 0.6) is 0 Å². The zero-order valence-electron chi connectivity index (χ0n) is 10.4. The Morgan fingerprint density at radius 1 is 1.11 bits per heavy atom. The second-order valence-electron chi connectivity index (χ2n) is 3.95. The number of anilines is 1. The minimum Gasteiger partial charge on any atom is -0.269 e. The molecule has 0 aromatic heterocycles. The molecule has 0 unspecified atom stereocenters. The predicted octanol–water partition coefficient (Wildman–Crippen LogP) is 3.07. The van der Waals surface area contributed by atoms with Gasteiger partial charge in [0.1, 0.15) is 0 Å². The Morgan fingerprint density at radius 3 is 2.32 bits per heavy atom. The smallest absolute Gasteiger partial charge is 0.269 e. The minimum absolute atomic E-state index is 0.0774. The number of nitro groups is 1. The first-order valence-corrected chi connectivity index (χ1v) is 5.74. The van der Waals surface area contributed by atoms with E-state index < -0.39 is 4.92 Å². The molecule has 2 aromatic carbocycles. The summed E-state index contributed by atoms with van der Waals surface area (Å²) in [7, 11) is 1.84. The van der Waals surface area contributed by atoms with Crippen LogP contribution >= 0.6 is 0 Å². The topological polar surface area (TPSA) is 58.7 Å². The standard InChI is InChI=1S/C14H13N3O2/c1-16(13-5-3-2-4-6-13)15-11-12-7-9-14(10-8-12)17(18)19/h2-11H,1H3/b15-11+. The number of benzene rings is 2. The van der Waals surface area contributed by atoms with Crippen molar-refractivity contribution in [1.29, 1.82) is 0 Å². The van der Waals surface area contributed by atoms with Crippen LogP contribution in [0, 0.1) is 10.1 Å². The third kappa shape index (κ3) is 3.38. The van der Waals surface area contributed by atoms with E-state index in [2.05, 4.69) is 5.10 Å². The van der Waals surface area contributed by atoms with Crippen LogP contribution in [0.15, 0.2) is 59.7 Å².